The second-order valence-corrected chi connectivity index (χ2v) is 0. The number of rotatable bonds is 0. The predicted octanol–water partition coefficient (Wildman–Crippen LogP) is -0.885. The molecule has 0 saturated carbocycles. The van der Waals surface area contributed by atoms with Gasteiger partial charge in [-0.25, -0.2) is 0 Å². The van der Waals surface area contributed by atoms with Gasteiger partial charge in [-0.15, -0.1) is 0 Å². The largest absolute Gasteiger partial charge is 0 e. The average molecular weight is 381 g/mol. The van der Waals surface area contributed by atoms with Gasteiger partial charge >= 0.3 is 20.2 Å². The maximum atomic E-state index is 8.25. The fraction of sp³-hybridized carbons (Fsp3) is 0. The van der Waals surface area contributed by atoms with E-state index in [9.17, 15) is 0 Å². The Morgan fingerprint density at radius 3 is 1.20 bits per heavy atom. The van der Waals surface area contributed by atoms with Crippen LogP contribution in [0.15, 0.2) is 0 Å². The summed E-state index contributed by atoms with van der Waals surface area (Å²) in [6.07, 6.45) is 0. The summed E-state index contributed by atoms with van der Waals surface area (Å²) in [5.74, 6) is 0. The second-order valence-electron chi connectivity index (χ2n) is 0. The molecule has 0 N–H and O–H groups in total. The SMILES string of the molecule is [Cd].[In].[O]=[Ge].[Zn]. The smallest absolute Gasteiger partial charge is 0 e. The third-order valence-electron chi connectivity index (χ3n) is 0. The van der Waals surface area contributed by atoms with Gasteiger partial charge in [0.05, 0.1) is 0 Å². The van der Waals surface area contributed by atoms with Crippen LogP contribution in [0.1, 0.15) is 0 Å². The minimum Gasteiger partial charge on any atom is 0 e. The molecular weight excluding hydrogens is 381 g/mol. The van der Waals surface area contributed by atoms with Crippen molar-refractivity contribution in [2.75, 3.05) is 0 Å². The Morgan fingerprint density at radius 1 is 1.20 bits per heavy atom. The number of hydrogen-bond acceptors (Lipinski definition) is 1. The van der Waals surface area contributed by atoms with Gasteiger partial charge in [-0.05, 0) is 0 Å². The average Bonchev–Trinajstić information content (AvgIpc) is 1.00. The summed E-state index contributed by atoms with van der Waals surface area (Å²) in [4.78, 5) is 0. The maximum absolute atomic E-state index is 8.25. The fourth-order valence-corrected chi connectivity index (χ4v) is 0. The molecule has 0 spiro atoms. The van der Waals surface area contributed by atoms with Gasteiger partial charge in [0, 0.05) is 72.6 Å². The first-order valence-corrected chi connectivity index (χ1v) is 1.06. The quantitative estimate of drug-likeness (QED) is 0.498. The van der Waals surface area contributed by atoms with Gasteiger partial charge in [-0.2, -0.15) is 0 Å². The van der Waals surface area contributed by atoms with Gasteiger partial charge in [0.2, 0.25) is 0 Å². The zero-order chi connectivity index (χ0) is 2.00. The normalized spacial score (nSPS) is 0.800. The van der Waals surface area contributed by atoms with Gasteiger partial charge < -0.3 is 0 Å². The zero-order valence-corrected chi connectivity index (χ0v) is 15.3. The molecule has 0 heterocycles. The summed E-state index contributed by atoms with van der Waals surface area (Å²) in [5.41, 5.74) is 0. The molecule has 17 valence electrons. The third-order valence-corrected chi connectivity index (χ3v) is 0. The molecule has 0 aliphatic rings. The molecule has 1 nitrogen and oxygen atoms in total. The van der Waals surface area contributed by atoms with Crippen LogP contribution in [0.25, 0.3) is 0 Å². The van der Waals surface area contributed by atoms with E-state index >= 15 is 0 Å². The van der Waals surface area contributed by atoms with E-state index in [2.05, 4.69) is 0 Å². The summed E-state index contributed by atoms with van der Waals surface area (Å²) >= 11 is 0.750. The zero-order valence-electron chi connectivity index (χ0n) is 2.90. The van der Waals surface area contributed by atoms with E-state index in [1.165, 1.54) is 0 Å². The number of hydrogen-bond donors (Lipinski definition) is 0. The molecule has 0 fully saturated rings. The van der Waals surface area contributed by atoms with E-state index < -0.39 is 0 Å². The van der Waals surface area contributed by atoms with Crippen molar-refractivity contribution in [2.24, 2.45) is 0 Å². The van der Waals surface area contributed by atoms with Crippen LogP contribution in [0.2, 0.25) is 0 Å². The van der Waals surface area contributed by atoms with Gasteiger partial charge in [-0.3, -0.25) is 0 Å². The van der Waals surface area contributed by atoms with Crippen molar-refractivity contribution in [1.29, 1.82) is 0 Å². The molecule has 0 atom stereocenters. The Bertz CT molecular complexity index is 11.6. The molecular formula is CdGeInOZn. The third kappa shape index (κ3) is 20.1. The summed E-state index contributed by atoms with van der Waals surface area (Å²) in [6, 6.07) is 0. The Balaban J connectivity index is -0.00000000167. The van der Waals surface area contributed by atoms with E-state index in [4.69, 9.17) is 3.78 Å². The molecule has 0 aromatic rings. The summed E-state index contributed by atoms with van der Waals surface area (Å²) < 4.78 is 8.25. The standard InChI is InChI=1S/Cd.GeO.In.Zn/c;1-2;;. The molecule has 0 saturated heterocycles. The van der Waals surface area contributed by atoms with Gasteiger partial charge in [0.1, 0.15) is 0 Å². The summed E-state index contributed by atoms with van der Waals surface area (Å²) in [6.45, 7) is 0. The van der Waals surface area contributed by atoms with Crippen molar-refractivity contribution in [3.8, 4) is 0 Å². The molecule has 5 radical (unpaired) electrons. The topological polar surface area (TPSA) is 17.1 Å². The van der Waals surface area contributed by atoms with Crippen molar-refractivity contribution in [3.63, 3.8) is 0 Å². The Labute approximate surface area is 91.2 Å². The molecule has 5 heavy (non-hydrogen) atoms. The minimum atomic E-state index is 0. The monoisotopic (exact) mass is 383 g/mol. The van der Waals surface area contributed by atoms with Gasteiger partial charge in [-0.1, -0.05) is 0 Å². The second kappa shape index (κ2) is 29.5. The maximum Gasteiger partial charge on any atom is 0 e. The Hall–Kier alpha value is 2.76. The first kappa shape index (κ1) is 25.1. The van der Waals surface area contributed by atoms with Crippen molar-refractivity contribution < 1.29 is 50.6 Å². The van der Waals surface area contributed by atoms with Gasteiger partial charge in [0.25, 0.3) is 0 Å². The van der Waals surface area contributed by atoms with Crippen LogP contribution < -0.4 is 0 Å². The van der Waals surface area contributed by atoms with Crippen LogP contribution in [0.5, 0.6) is 0 Å². The van der Waals surface area contributed by atoms with Crippen LogP contribution in [0.3, 0.4) is 0 Å². The first-order valence-electron chi connectivity index (χ1n) is 0.204. The van der Waals surface area contributed by atoms with E-state index in [0.29, 0.717) is 0 Å². The first-order chi connectivity index (χ1) is 1.00. The molecule has 5 heteroatoms. The molecule has 0 aromatic carbocycles. The Kier molecular flexibility index (Phi) is 148. The Morgan fingerprint density at radius 2 is 1.20 bits per heavy atom. The minimum absolute atomic E-state index is 0. The molecule has 0 aliphatic heterocycles. The van der Waals surface area contributed by atoms with Crippen LogP contribution in [0, 0.1) is 0 Å². The summed E-state index contributed by atoms with van der Waals surface area (Å²) in [7, 11) is 0. The fourth-order valence-electron chi connectivity index (χ4n) is 0. The molecule has 0 aliphatic carbocycles. The predicted molar refractivity (Wildman–Crippen MR) is 12.2 cm³/mol. The molecule has 0 bridgehead atoms. The van der Waals surface area contributed by atoms with Crippen molar-refractivity contribution in [1.82, 2.24) is 0 Å². The van der Waals surface area contributed by atoms with E-state index in [-0.39, 0.29) is 72.6 Å². The molecule has 0 aromatic heterocycles. The van der Waals surface area contributed by atoms with E-state index in [1.54, 1.807) is 0 Å². The van der Waals surface area contributed by atoms with E-state index in [1.807, 2.05) is 0 Å². The van der Waals surface area contributed by atoms with Crippen molar-refractivity contribution in [3.05, 3.63) is 0 Å². The van der Waals surface area contributed by atoms with Crippen LogP contribution in [0.4, 0.5) is 0 Å². The molecule has 0 unspecified atom stereocenters. The molecule has 0 amide bonds. The van der Waals surface area contributed by atoms with Crippen molar-refractivity contribution >= 4 is 42.3 Å². The van der Waals surface area contributed by atoms with Crippen LogP contribution in [-0.2, 0) is 50.6 Å². The van der Waals surface area contributed by atoms with Crippen LogP contribution in [-0.4, -0.2) is 42.3 Å². The summed E-state index contributed by atoms with van der Waals surface area (Å²) in [5, 5.41) is 0. The van der Waals surface area contributed by atoms with E-state index in [0.717, 1.165) is 16.5 Å². The molecule has 0 rings (SSSR count). The van der Waals surface area contributed by atoms with Crippen LogP contribution >= 0.6 is 0 Å². The van der Waals surface area contributed by atoms with Gasteiger partial charge in [0.15, 0.2) is 0 Å². The van der Waals surface area contributed by atoms with Crippen molar-refractivity contribution in [2.45, 2.75) is 0 Å².